The highest BCUT2D eigenvalue weighted by molar-refractivity contribution is 5.87. The van der Waals surface area contributed by atoms with Crippen molar-refractivity contribution < 1.29 is 18.0 Å². The van der Waals surface area contributed by atoms with E-state index in [2.05, 4.69) is 25.9 Å². The number of anilines is 1. The summed E-state index contributed by atoms with van der Waals surface area (Å²) in [5.74, 6) is -0.0551. The van der Waals surface area contributed by atoms with Crippen molar-refractivity contribution in [1.82, 2.24) is 20.6 Å². The van der Waals surface area contributed by atoms with Crippen LogP contribution in [0.3, 0.4) is 0 Å². The standard InChI is InChI=1S/C20H25F3N6O2/c21-20(22,23)11-26-15-3-1-2-4-16(15)27-19(31)29-18-25-10-14(17(30)28-18)13-7-5-12(9-24)6-8-13/h5-8,10,15-16,26H,1-4,9,11,24H2,(H3,25,27,28,29,30,31)/t15-,16?/m1/s1. The Hall–Kier alpha value is -2.92. The molecule has 0 spiro atoms. The SMILES string of the molecule is NCc1ccc(-c2c[nH]c(NC(=O)NC3CCCC[C@H]3NCC(F)(F)F)nc2=O)cc1. The molecule has 3 rings (SSSR count). The summed E-state index contributed by atoms with van der Waals surface area (Å²) >= 11 is 0. The maximum atomic E-state index is 12.5. The second kappa shape index (κ2) is 9.92. The summed E-state index contributed by atoms with van der Waals surface area (Å²) in [6.07, 6.45) is -0.186. The number of hydrogen-bond donors (Lipinski definition) is 5. The van der Waals surface area contributed by atoms with Gasteiger partial charge in [-0.1, -0.05) is 37.1 Å². The van der Waals surface area contributed by atoms with E-state index in [1.54, 1.807) is 12.1 Å². The number of carbonyl (C=O) groups is 1. The van der Waals surface area contributed by atoms with Gasteiger partial charge in [0.25, 0.3) is 5.56 Å². The number of nitrogens with two attached hydrogens (primary N) is 1. The van der Waals surface area contributed by atoms with Gasteiger partial charge in [0.05, 0.1) is 12.1 Å². The topological polar surface area (TPSA) is 125 Å². The minimum Gasteiger partial charge on any atom is -0.333 e. The van der Waals surface area contributed by atoms with Crippen molar-refractivity contribution in [2.45, 2.75) is 50.5 Å². The Kier molecular flexibility index (Phi) is 7.29. The van der Waals surface area contributed by atoms with E-state index in [1.165, 1.54) is 6.20 Å². The summed E-state index contributed by atoms with van der Waals surface area (Å²) < 4.78 is 37.5. The first-order valence-electron chi connectivity index (χ1n) is 10.0. The summed E-state index contributed by atoms with van der Waals surface area (Å²) in [6, 6.07) is 5.55. The number of aromatic nitrogens is 2. The van der Waals surface area contributed by atoms with Crippen LogP contribution in [0.1, 0.15) is 31.2 Å². The third-order valence-electron chi connectivity index (χ3n) is 5.18. The van der Waals surface area contributed by atoms with Gasteiger partial charge in [0.1, 0.15) is 0 Å². The first-order chi connectivity index (χ1) is 14.7. The van der Waals surface area contributed by atoms with E-state index in [0.717, 1.165) is 18.4 Å². The molecule has 0 bridgehead atoms. The van der Waals surface area contributed by atoms with Crippen LogP contribution in [0, 0.1) is 0 Å². The van der Waals surface area contributed by atoms with Gasteiger partial charge in [-0.3, -0.25) is 10.1 Å². The van der Waals surface area contributed by atoms with E-state index in [9.17, 15) is 22.8 Å². The lowest BCUT2D eigenvalue weighted by atomic mass is 9.90. The minimum atomic E-state index is -4.32. The van der Waals surface area contributed by atoms with Crippen LogP contribution >= 0.6 is 0 Å². The van der Waals surface area contributed by atoms with Crippen LogP contribution in [-0.2, 0) is 6.54 Å². The van der Waals surface area contributed by atoms with Crippen molar-refractivity contribution in [3.63, 3.8) is 0 Å². The van der Waals surface area contributed by atoms with Crippen molar-refractivity contribution in [3.05, 3.63) is 46.4 Å². The molecular formula is C20H25F3N6O2. The number of benzene rings is 1. The van der Waals surface area contributed by atoms with Gasteiger partial charge in [-0.25, -0.2) is 4.79 Å². The van der Waals surface area contributed by atoms with Crippen LogP contribution in [0.2, 0.25) is 0 Å². The fourth-order valence-electron chi connectivity index (χ4n) is 3.59. The second-order valence-electron chi connectivity index (χ2n) is 7.46. The number of urea groups is 1. The Balaban J connectivity index is 1.61. The van der Waals surface area contributed by atoms with Gasteiger partial charge in [0.2, 0.25) is 5.95 Å². The lowest BCUT2D eigenvalue weighted by Crippen LogP contribution is -2.54. The zero-order chi connectivity index (χ0) is 22.4. The molecule has 1 aliphatic rings. The molecule has 1 saturated carbocycles. The van der Waals surface area contributed by atoms with Crippen LogP contribution in [0.25, 0.3) is 11.1 Å². The van der Waals surface area contributed by atoms with Crippen LogP contribution in [0.5, 0.6) is 0 Å². The van der Waals surface area contributed by atoms with Crippen LogP contribution < -0.4 is 27.2 Å². The molecule has 168 valence electrons. The number of amides is 2. The molecule has 1 fully saturated rings. The first-order valence-corrected chi connectivity index (χ1v) is 10.0. The van der Waals surface area contributed by atoms with Crippen LogP contribution in [-0.4, -0.2) is 40.8 Å². The maximum absolute atomic E-state index is 12.5. The second-order valence-corrected chi connectivity index (χ2v) is 7.46. The minimum absolute atomic E-state index is 0.0551. The molecule has 11 heteroatoms. The van der Waals surface area contributed by atoms with Gasteiger partial charge in [-0.2, -0.15) is 18.2 Å². The van der Waals surface area contributed by atoms with E-state index in [4.69, 9.17) is 5.73 Å². The number of alkyl halides is 3. The summed E-state index contributed by atoms with van der Waals surface area (Å²) in [7, 11) is 0. The molecule has 0 radical (unpaired) electrons. The van der Waals surface area contributed by atoms with Crippen molar-refractivity contribution in [3.8, 4) is 11.1 Å². The molecule has 0 aliphatic heterocycles. The maximum Gasteiger partial charge on any atom is 0.401 e. The molecule has 0 saturated heterocycles. The quantitative estimate of drug-likeness (QED) is 0.474. The summed E-state index contributed by atoms with van der Waals surface area (Å²) in [4.78, 5) is 31.3. The van der Waals surface area contributed by atoms with Crippen molar-refractivity contribution in [2.24, 2.45) is 5.73 Å². The normalized spacial score (nSPS) is 19.1. The third kappa shape index (κ3) is 6.53. The average Bonchev–Trinajstić information content (AvgIpc) is 2.73. The number of nitrogens with zero attached hydrogens (tertiary/aromatic N) is 1. The van der Waals surface area contributed by atoms with E-state index >= 15 is 0 Å². The average molecular weight is 438 g/mol. The predicted molar refractivity (Wildman–Crippen MR) is 110 cm³/mol. The zero-order valence-electron chi connectivity index (χ0n) is 16.8. The van der Waals surface area contributed by atoms with Crippen molar-refractivity contribution in [1.29, 1.82) is 0 Å². The number of rotatable bonds is 6. The molecule has 2 aromatic rings. The van der Waals surface area contributed by atoms with E-state index in [0.29, 0.717) is 30.5 Å². The smallest absolute Gasteiger partial charge is 0.333 e. The highest BCUT2D eigenvalue weighted by Gasteiger charge is 2.32. The highest BCUT2D eigenvalue weighted by atomic mass is 19.4. The molecule has 1 aromatic heterocycles. The molecule has 1 heterocycles. The number of hydrogen-bond acceptors (Lipinski definition) is 5. The molecular weight excluding hydrogens is 413 g/mol. The lowest BCUT2D eigenvalue weighted by Gasteiger charge is -2.33. The summed E-state index contributed by atoms with van der Waals surface area (Å²) in [6.45, 7) is -0.722. The number of aromatic amines is 1. The predicted octanol–water partition coefficient (Wildman–Crippen LogP) is 2.48. The van der Waals surface area contributed by atoms with E-state index < -0.39 is 36.4 Å². The Morgan fingerprint density at radius 1 is 1.16 bits per heavy atom. The molecule has 2 amide bonds. The van der Waals surface area contributed by atoms with Gasteiger partial charge in [-0.15, -0.1) is 0 Å². The van der Waals surface area contributed by atoms with Gasteiger partial charge in [-0.05, 0) is 24.0 Å². The van der Waals surface area contributed by atoms with E-state index in [-0.39, 0.29) is 5.95 Å². The number of carbonyl (C=O) groups excluding carboxylic acids is 1. The summed E-state index contributed by atoms with van der Waals surface area (Å²) in [5, 5.41) is 7.59. The highest BCUT2D eigenvalue weighted by Crippen LogP contribution is 2.21. The van der Waals surface area contributed by atoms with Gasteiger partial charge in [0, 0.05) is 24.8 Å². The van der Waals surface area contributed by atoms with Crippen molar-refractivity contribution >= 4 is 12.0 Å². The lowest BCUT2D eigenvalue weighted by molar-refractivity contribution is -0.126. The fraction of sp³-hybridized carbons (Fsp3) is 0.450. The van der Waals surface area contributed by atoms with Crippen LogP contribution in [0.15, 0.2) is 35.3 Å². The van der Waals surface area contributed by atoms with Crippen molar-refractivity contribution in [2.75, 3.05) is 11.9 Å². The largest absolute Gasteiger partial charge is 0.401 e. The molecule has 1 aliphatic carbocycles. The van der Waals surface area contributed by atoms with Gasteiger partial charge in [0.15, 0.2) is 0 Å². The molecule has 1 unspecified atom stereocenters. The molecule has 1 aromatic carbocycles. The Labute approximate surface area is 176 Å². The van der Waals surface area contributed by atoms with E-state index in [1.807, 2.05) is 12.1 Å². The molecule has 8 nitrogen and oxygen atoms in total. The molecule has 2 atom stereocenters. The monoisotopic (exact) mass is 438 g/mol. The van der Waals surface area contributed by atoms with Gasteiger partial charge >= 0.3 is 12.2 Å². The third-order valence-corrected chi connectivity index (χ3v) is 5.18. The Morgan fingerprint density at radius 3 is 2.45 bits per heavy atom. The Morgan fingerprint density at radius 2 is 1.84 bits per heavy atom. The summed E-state index contributed by atoms with van der Waals surface area (Å²) in [5.41, 5.74) is 6.95. The number of H-pyrrole nitrogens is 1. The zero-order valence-corrected chi connectivity index (χ0v) is 16.8. The molecule has 6 N–H and O–H groups in total. The Bertz CT molecular complexity index is 945. The number of nitrogens with one attached hydrogen (secondary N) is 4. The van der Waals surface area contributed by atoms with Crippen LogP contribution in [0.4, 0.5) is 23.9 Å². The van der Waals surface area contributed by atoms with Gasteiger partial charge < -0.3 is 21.4 Å². The fourth-order valence-corrected chi connectivity index (χ4v) is 3.59. The number of halogens is 3. The first kappa shape index (κ1) is 22.8. The molecule has 31 heavy (non-hydrogen) atoms.